The zero-order valence-corrected chi connectivity index (χ0v) is 14.6. The van der Waals surface area contributed by atoms with E-state index in [0.717, 1.165) is 6.26 Å². The van der Waals surface area contributed by atoms with Gasteiger partial charge in [0.1, 0.15) is 5.56 Å². The van der Waals surface area contributed by atoms with Gasteiger partial charge < -0.3 is 0 Å². The van der Waals surface area contributed by atoms with Gasteiger partial charge in [-0.3, -0.25) is 14.7 Å². The van der Waals surface area contributed by atoms with Gasteiger partial charge >= 0.3 is 0 Å². The second-order valence-electron chi connectivity index (χ2n) is 5.59. The number of nitrogens with zero attached hydrogens (tertiary/aromatic N) is 5. The largest absolute Gasteiger partial charge is 0.294 e. The molecule has 0 unspecified atom stereocenters. The van der Waals surface area contributed by atoms with Crippen LogP contribution in [-0.2, 0) is 9.84 Å². The van der Waals surface area contributed by atoms with E-state index < -0.39 is 15.7 Å². The van der Waals surface area contributed by atoms with Crippen molar-refractivity contribution in [1.29, 1.82) is 0 Å². The topological polar surface area (TPSA) is 95.8 Å². The summed E-state index contributed by atoms with van der Waals surface area (Å²) in [6, 6.07) is 6.94. The van der Waals surface area contributed by atoms with Crippen molar-refractivity contribution in [1.82, 2.24) is 9.97 Å². The van der Waals surface area contributed by atoms with Crippen LogP contribution in [-0.4, -0.2) is 49.6 Å². The molecule has 0 saturated heterocycles. The summed E-state index contributed by atoms with van der Waals surface area (Å²) < 4.78 is 23.5. The van der Waals surface area contributed by atoms with Crippen molar-refractivity contribution in [3.63, 3.8) is 0 Å². The van der Waals surface area contributed by atoms with E-state index in [9.17, 15) is 13.2 Å². The van der Waals surface area contributed by atoms with Crippen molar-refractivity contribution in [2.24, 2.45) is 4.99 Å². The van der Waals surface area contributed by atoms with Gasteiger partial charge in [0, 0.05) is 19.0 Å². The standard InChI is InChI=1S/C15H12ClN5O3S/c1-25(23,24)14-18-8-9-12(19-14)20-7-6-17-15(20)21(13(9)22)11-5-3-2-4-10(11)16/h2-5,8H,6-7H2,1H3. The molecule has 2 aromatic rings. The molecule has 2 aliphatic rings. The number of para-hydroxylation sites is 1. The molecule has 0 saturated carbocycles. The molecule has 0 aliphatic carbocycles. The van der Waals surface area contributed by atoms with E-state index in [1.807, 2.05) is 0 Å². The number of anilines is 2. The van der Waals surface area contributed by atoms with Crippen LogP contribution in [0.5, 0.6) is 0 Å². The molecule has 128 valence electrons. The number of aliphatic imine (C=N–C) groups is 1. The summed E-state index contributed by atoms with van der Waals surface area (Å²) >= 11 is 6.25. The molecule has 0 atom stereocenters. The first-order valence-corrected chi connectivity index (χ1v) is 9.63. The Balaban J connectivity index is 1.92. The minimum atomic E-state index is -3.59. The first-order chi connectivity index (χ1) is 11.9. The van der Waals surface area contributed by atoms with Crippen molar-refractivity contribution in [2.75, 3.05) is 29.1 Å². The zero-order valence-electron chi connectivity index (χ0n) is 13.0. The monoisotopic (exact) mass is 377 g/mol. The number of sulfone groups is 1. The van der Waals surface area contributed by atoms with Gasteiger partial charge in [0.05, 0.1) is 17.3 Å². The van der Waals surface area contributed by atoms with Crippen LogP contribution in [0.3, 0.4) is 0 Å². The Bertz CT molecular complexity index is 1040. The maximum absolute atomic E-state index is 13.0. The van der Waals surface area contributed by atoms with Crippen LogP contribution in [0.4, 0.5) is 11.5 Å². The van der Waals surface area contributed by atoms with Gasteiger partial charge in [0.15, 0.2) is 5.82 Å². The van der Waals surface area contributed by atoms with Gasteiger partial charge in [-0.2, -0.15) is 4.98 Å². The first kappa shape index (κ1) is 16.0. The van der Waals surface area contributed by atoms with Crippen LogP contribution in [0, 0.1) is 0 Å². The molecular formula is C15H12ClN5O3S. The Kier molecular flexibility index (Phi) is 3.51. The number of benzene rings is 1. The summed E-state index contributed by atoms with van der Waals surface area (Å²) in [4.78, 5) is 28.4. The van der Waals surface area contributed by atoms with E-state index in [2.05, 4.69) is 15.0 Å². The van der Waals surface area contributed by atoms with Gasteiger partial charge in [-0.05, 0) is 12.1 Å². The molecule has 10 heteroatoms. The number of hydrogen-bond acceptors (Lipinski definition) is 7. The molecule has 0 spiro atoms. The average Bonchev–Trinajstić information content (AvgIpc) is 3.05. The van der Waals surface area contributed by atoms with E-state index >= 15 is 0 Å². The lowest BCUT2D eigenvalue weighted by Crippen LogP contribution is -2.51. The fraction of sp³-hybridized carbons (Fsp3) is 0.200. The minimum Gasteiger partial charge on any atom is -0.294 e. The molecule has 2 aliphatic heterocycles. The van der Waals surface area contributed by atoms with Crippen LogP contribution in [0.15, 0.2) is 40.6 Å². The Morgan fingerprint density at radius 1 is 1.24 bits per heavy atom. The molecule has 0 fully saturated rings. The van der Waals surface area contributed by atoms with E-state index in [4.69, 9.17) is 11.6 Å². The maximum Gasteiger partial charge on any atom is 0.270 e. The zero-order chi connectivity index (χ0) is 17.8. The third kappa shape index (κ3) is 2.47. The molecule has 0 bridgehead atoms. The molecular weight excluding hydrogens is 366 g/mol. The quantitative estimate of drug-likeness (QED) is 0.733. The minimum absolute atomic E-state index is 0.202. The summed E-state index contributed by atoms with van der Waals surface area (Å²) in [6.07, 6.45) is 2.26. The van der Waals surface area contributed by atoms with E-state index in [0.29, 0.717) is 29.8 Å². The van der Waals surface area contributed by atoms with Crippen LogP contribution >= 0.6 is 11.6 Å². The first-order valence-electron chi connectivity index (χ1n) is 7.36. The highest BCUT2D eigenvalue weighted by molar-refractivity contribution is 7.90. The molecule has 1 aromatic carbocycles. The van der Waals surface area contributed by atoms with Crippen LogP contribution in [0.1, 0.15) is 10.4 Å². The van der Waals surface area contributed by atoms with Gasteiger partial charge in [0.2, 0.25) is 21.0 Å². The summed E-state index contributed by atoms with van der Waals surface area (Å²) in [6.45, 7) is 0.942. The Morgan fingerprint density at radius 2 is 2.00 bits per heavy atom. The molecule has 8 nitrogen and oxygen atoms in total. The third-order valence-electron chi connectivity index (χ3n) is 3.88. The van der Waals surface area contributed by atoms with E-state index in [1.165, 1.54) is 11.1 Å². The molecule has 0 radical (unpaired) electrons. The highest BCUT2D eigenvalue weighted by atomic mass is 35.5. The number of halogens is 1. The second-order valence-corrected chi connectivity index (χ2v) is 7.90. The fourth-order valence-electron chi connectivity index (χ4n) is 2.78. The number of carbonyl (C=O) groups is 1. The summed E-state index contributed by atoms with van der Waals surface area (Å²) in [5.74, 6) is 0.226. The van der Waals surface area contributed by atoms with E-state index in [1.54, 1.807) is 29.2 Å². The smallest absolute Gasteiger partial charge is 0.270 e. The number of fused-ring (bicyclic) bond motifs is 3. The highest BCUT2D eigenvalue weighted by Gasteiger charge is 2.40. The summed E-state index contributed by atoms with van der Waals surface area (Å²) in [5, 5.41) is 0.0824. The third-order valence-corrected chi connectivity index (χ3v) is 5.06. The van der Waals surface area contributed by atoms with Crippen molar-refractivity contribution in [3.8, 4) is 0 Å². The van der Waals surface area contributed by atoms with Crippen molar-refractivity contribution >= 4 is 44.8 Å². The Labute approximate surface area is 148 Å². The lowest BCUT2D eigenvalue weighted by atomic mass is 10.1. The number of guanidine groups is 1. The van der Waals surface area contributed by atoms with Crippen molar-refractivity contribution in [3.05, 3.63) is 41.0 Å². The molecule has 25 heavy (non-hydrogen) atoms. The number of amides is 1. The van der Waals surface area contributed by atoms with Crippen LogP contribution in [0.2, 0.25) is 5.02 Å². The fourth-order valence-corrected chi connectivity index (χ4v) is 3.50. The van der Waals surface area contributed by atoms with Gasteiger partial charge in [-0.15, -0.1) is 0 Å². The Morgan fingerprint density at radius 3 is 2.72 bits per heavy atom. The molecule has 0 N–H and O–H groups in total. The predicted molar refractivity (Wildman–Crippen MR) is 93.1 cm³/mol. The summed E-state index contributed by atoms with van der Waals surface area (Å²) in [7, 11) is -3.59. The predicted octanol–water partition coefficient (Wildman–Crippen LogP) is 1.37. The molecule has 3 heterocycles. The van der Waals surface area contributed by atoms with Gasteiger partial charge in [0.25, 0.3) is 5.91 Å². The molecule has 1 amide bonds. The number of rotatable bonds is 2. The average molecular weight is 378 g/mol. The van der Waals surface area contributed by atoms with Crippen molar-refractivity contribution in [2.45, 2.75) is 5.16 Å². The SMILES string of the molecule is CS(=O)(=O)c1ncc2c(n1)N1CCN=C1N(c1ccccc1Cl)C2=O. The van der Waals surface area contributed by atoms with Crippen LogP contribution < -0.4 is 9.80 Å². The number of hydrogen-bond donors (Lipinski definition) is 0. The number of carbonyl (C=O) groups excluding carboxylic acids is 1. The highest BCUT2D eigenvalue weighted by Crippen LogP contribution is 2.35. The second kappa shape index (κ2) is 5.50. The molecule has 1 aromatic heterocycles. The van der Waals surface area contributed by atoms with Crippen molar-refractivity contribution < 1.29 is 13.2 Å². The lowest BCUT2D eigenvalue weighted by Gasteiger charge is -2.34. The lowest BCUT2D eigenvalue weighted by molar-refractivity contribution is 0.0999. The van der Waals surface area contributed by atoms with E-state index in [-0.39, 0.29) is 16.5 Å². The van der Waals surface area contributed by atoms with Gasteiger partial charge in [-0.25, -0.2) is 18.3 Å². The van der Waals surface area contributed by atoms with Gasteiger partial charge in [-0.1, -0.05) is 23.7 Å². The normalized spacial score (nSPS) is 16.6. The molecule has 4 rings (SSSR count). The summed E-state index contributed by atoms with van der Waals surface area (Å²) in [5.41, 5.74) is 0.700. The maximum atomic E-state index is 13.0. The number of aromatic nitrogens is 2. The van der Waals surface area contributed by atoms with Crippen LogP contribution in [0.25, 0.3) is 0 Å². The Hall–Kier alpha value is -2.52.